The number of rotatable bonds is 32. The highest BCUT2D eigenvalue weighted by molar-refractivity contribution is 5.98. The summed E-state index contributed by atoms with van der Waals surface area (Å²) in [6.45, 7) is 9.14. The third kappa shape index (κ3) is 19.8. The van der Waals surface area contributed by atoms with Crippen LogP contribution < -0.4 is 66.7 Å². The average molecular weight is 964 g/mol. The zero-order valence-electron chi connectivity index (χ0n) is 41.0. The topological polar surface area (TPSA) is 398 Å². The number of carbonyl (C=O) groups is 8. The van der Waals surface area contributed by atoms with E-state index in [-0.39, 0.29) is 62.4 Å². The van der Waals surface area contributed by atoms with Crippen molar-refractivity contribution >= 4 is 53.2 Å². The van der Waals surface area contributed by atoms with Crippen LogP contribution in [-0.2, 0) is 38.4 Å². The van der Waals surface area contributed by atoms with E-state index < -0.39 is 89.7 Å². The van der Waals surface area contributed by atoms with Crippen LogP contribution in [0.3, 0.4) is 0 Å². The lowest BCUT2D eigenvalue weighted by molar-refractivity contribution is -0.142. The molecule has 23 heteroatoms. The Kier molecular flexibility index (Phi) is 27.0. The second-order valence-electron chi connectivity index (χ2n) is 18.8. The lowest BCUT2D eigenvalue weighted by Gasteiger charge is -2.31. The van der Waals surface area contributed by atoms with Gasteiger partial charge in [0, 0.05) is 19.6 Å². The van der Waals surface area contributed by atoms with Gasteiger partial charge in [0.15, 0.2) is 5.96 Å². The van der Waals surface area contributed by atoms with Gasteiger partial charge in [-0.1, -0.05) is 34.1 Å². The largest absolute Gasteiger partial charge is 0.370 e. The van der Waals surface area contributed by atoms with Crippen LogP contribution in [0, 0.1) is 11.8 Å². The summed E-state index contributed by atoms with van der Waals surface area (Å²) in [7, 11) is 0. The lowest BCUT2D eigenvalue weighted by Crippen LogP contribution is -2.60. The number of nitrogens with zero attached hydrogens (tertiary/aromatic N) is 3. The average Bonchev–Trinajstić information content (AvgIpc) is 3.99. The minimum absolute atomic E-state index is 0.0263. The molecule has 2 saturated heterocycles. The van der Waals surface area contributed by atoms with Crippen molar-refractivity contribution in [1.29, 1.82) is 0 Å². The molecule has 2 aliphatic rings. The number of nitrogens with two attached hydrogens (primary N) is 7. The zero-order valence-corrected chi connectivity index (χ0v) is 41.0. The molecule has 0 aliphatic carbocycles. The van der Waals surface area contributed by atoms with Gasteiger partial charge in [0.25, 0.3) is 0 Å². The van der Waals surface area contributed by atoms with E-state index in [1.165, 1.54) is 9.80 Å². The molecule has 0 saturated carbocycles. The highest BCUT2D eigenvalue weighted by Crippen LogP contribution is 2.22. The van der Waals surface area contributed by atoms with E-state index in [0.29, 0.717) is 103 Å². The molecular weight excluding hydrogens is 879 g/mol. The summed E-state index contributed by atoms with van der Waals surface area (Å²) in [5.41, 5.74) is 40.0. The van der Waals surface area contributed by atoms with Crippen molar-refractivity contribution in [1.82, 2.24) is 36.4 Å². The summed E-state index contributed by atoms with van der Waals surface area (Å²) in [6, 6.07) is -8.13. The third-order valence-corrected chi connectivity index (χ3v) is 12.3. The highest BCUT2D eigenvalue weighted by atomic mass is 16.2. The van der Waals surface area contributed by atoms with Gasteiger partial charge in [-0.15, -0.1) is 0 Å². The van der Waals surface area contributed by atoms with E-state index in [0.717, 1.165) is 0 Å². The Bertz CT molecular complexity index is 1680. The first-order chi connectivity index (χ1) is 32.3. The number of guanidine groups is 1. The quantitative estimate of drug-likeness (QED) is 0.0186. The fraction of sp³-hybridized carbons (Fsp3) is 0.800. The van der Waals surface area contributed by atoms with Crippen molar-refractivity contribution in [2.75, 3.05) is 39.3 Å². The van der Waals surface area contributed by atoms with Gasteiger partial charge in [-0.25, -0.2) is 0 Å². The summed E-state index contributed by atoms with van der Waals surface area (Å²) in [4.78, 5) is 117. The second-order valence-corrected chi connectivity index (χ2v) is 18.8. The zero-order chi connectivity index (χ0) is 50.9. The predicted molar refractivity (Wildman–Crippen MR) is 259 cm³/mol. The van der Waals surface area contributed by atoms with Crippen molar-refractivity contribution in [3.63, 3.8) is 0 Å². The van der Waals surface area contributed by atoms with Gasteiger partial charge in [0.1, 0.15) is 42.3 Å². The SMILES string of the molecule is CC(C)C[C@H](NC(=O)[C@H](CCCCN)NC(=O)[C@H](CCCN=C(N)N)NC(=O)[C@H](CCCCN)NC(=O)[C@@H]1CCCN1C(=O)[C@@H](N)CCCCN)C(=O)N[C@H](C(=O)N1CCC[C@H]1C(N)=O)C(C)C. The molecule has 2 aliphatic heterocycles. The molecule has 0 spiro atoms. The molecule has 388 valence electrons. The van der Waals surface area contributed by atoms with Crippen LogP contribution in [0.1, 0.15) is 130 Å². The molecular formula is C45H85N15O8. The van der Waals surface area contributed by atoms with Gasteiger partial charge in [0.05, 0.1) is 6.04 Å². The smallest absolute Gasteiger partial charge is 0.246 e. The number of nitrogens with one attached hydrogen (secondary N) is 5. The van der Waals surface area contributed by atoms with E-state index >= 15 is 0 Å². The van der Waals surface area contributed by atoms with Gasteiger partial charge in [0.2, 0.25) is 47.3 Å². The minimum Gasteiger partial charge on any atom is -0.370 e. The monoisotopic (exact) mass is 964 g/mol. The summed E-state index contributed by atoms with van der Waals surface area (Å²) in [5, 5.41) is 14.0. The van der Waals surface area contributed by atoms with Crippen LogP contribution >= 0.6 is 0 Å². The van der Waals surface area contributed by atoms with Gasteiger partial charge in [-0.2, -0.15) is 0 Å². The number of aliphatic imine (C=N–C) groups is 1. The Hall–Kier alpha value is -5.13. The third-order valence-electron chi connectivity index (χ3n) is 12.3. The normalized spacial score (nSPS) is 18.5. The summed E-state index contributed by atoms with van der Waals surface area (Å²) >= 11 is 0. The summed E-state index contributed by atoms with van der Waals surface area (Å²) in [6.07, 6.45) is 6.44. The number of hydrogen-bond acceptors (Lipinski definition) is 13. The Balaban J connectivity index is 2.38. The summed E-state index contributed by atoms with van der Waals surface area (Å²) in [5.74, 6) is -5.28. The molecule has 0 bridgehead atoms. The summed E-state index contributed by atoms with van der Waals surface area (Å²) < 4.78 is 0. The predicted octanol–water partition coefficient (Wildman–Crippen LogP) is -2.65. The van der Waals surface area contributed by atoms with Crippen molar-refractivity contribution in [3.05, 3.63) is 0 Å². The Morgan fingerprint density at radius 2 is 1.00 bits per heavy atom. The standard InChI is InChI=1S/C45H85N15O8/c1-27(2)26-33(41(65)58-36(28(3)4)44(68)59-24-12-18-34(59)37(50)61)57-40(64)30(15-6-9-21-47)54-39(63)32(17-11-23-53-45(51)52)55-38(62)31(16-7-10-22-48)56-42(66)35-19-13-25-60(35)43(67)29(49)14-5-8-20-46/h27-36H,5-26,46-49H2,1-4H3,(H2,50,61)(H,54,63)(H,55,62)(H,56,66)(H,57,64)(H,58,65)(H4,51,52,53)/t29-,30-,31-,32-,33-,34-,35-,36-/m0/s1. The molecule has 0 aromatic rings. The van der Waals surface area contributed by atoms with Gasteiger partial charge < -0.3 is 76.5 Å². The molecule has 23 nitrogen and oxygen atoms in total. The van der Waals surface area contributed by atoms with Gasteiger partial charge >= 0.3 is 0 Å². The second kappa shape index (κ2) is 31.1. The Morgan fingerprint density at radius 1 is 0.559 bits per heavy atom. The van der Waals surface area contributed by atoms with Crippen LogP contribution in [0.2, 0.25) is 0 Å². The first-order valence-corrected chi connectivity index (χ1v) is 24.6. The molecule has 2 fully saturated rings. The van der Waals surface area contributed by atoms with Crippen LogP contribution in [-0.4, -0.2) is 151 Å². The first kappa shape index (κ1) is 59.0. The van der Waals surface area contributed by atoms with Gasteiger partial charge in [-0.05, 0) is 128 Å². The van der Waals surface area contributed by atoms with E-state index in [9.17, 15) is 38.4 Å². The maximum absolute atomic E-state index is 14.3. The van der Waals surface area contributed by atoms with Crippen LogP contribution in [0.15, 0.2) is 4.99 Å². The fourth-order valence-corrected chi connectivity index (χ4v) is 8.50. The fourth-order valence-electron chi connectivity index (χ4n) is 8.50. The maximum Gasteiger partial charge on any atom is 0.246 e. The van der Waals surface area contributed by atoms with Crippen molar-refractivity contribution in [3.8, 4) is 0 Å². The number of unbranched alkanes of at least 4 members (excludes halogenated alkanes) is 3. The molecule has 19 N–H and O–H groups in total. The van der Waals surface area contributed by atoms with Crippen molar-refractivity contribution < 1.29 is 38.4 Å². The number of likely N-dealkylation sites (tertiary alicyclic amines) is 2. The van der Waals surface area contributed by atoms with E-state index in [2.05, 4.69) is 31.6 Å². The molecule has 68 heavy (non-hydrogen) atoms. The van der Waals surface area contributed by atoms with E-state index in [1.54, 1.807) is 13.8 Å². The van der Waals surface area contributed by atoms with Crippen molar-refractivity contribution in [2.24, 2.45) is 57.0 Å². The Labute approximate surface area is 402 Å². The molecule has 0 unspecified atom stereocenters. The lowest BCUT2D eigenvalue weighted by atomic mass is 9.98. The number of hydrogen-bond donors (Lipinski definition) is 12. The molecule has 8 atom stereocenters. The van der Waals surface area contributed by atoms with Crippen LogP contribution in [0.25, 0.3) is 0 Å². The highest BCUT2D eigenvalue weighted by Gasteiger charge is 2.40. The van der Waals surface area contributed by atoms with Crippen molar-refractivity contribution in [2.45, 2.75) is 179 Å². The van der Waals surface area contributed by atoms with Crippen LogP contribution in [0.5, 0.6) is 0 Å². The molecule has 2 rings (SSSR count). The number of primary amides is 1. The molecule has 0 radical (unpaired) electrons. The minimum atomic E-state index is -1.24. The number of amides is 8. The molecule has 8 amide bonds. The van der Waals surface area contributed by atoms with Gasteiger partial charge in [-0.3, -0.25) is 43.3 Å². The van der Waals surface area contributed by atoms with Crippen LogP contribution in [0.4, 0.5) is 0 Å². The maximum atomic E-state index is 14.3. The van der Waals surface area contributed by atoms with E-state index in [1.807, 2.05) is 13.8 Å². The van der Waals surface area contributed by atoms with E-state index in [4.69, 9.17) is 40.1 Å². The Morgan fingerprint density at radius 3 is 1.47 bits per heavy atom. The molecule has 2 heterocycles. The number of carbonyl (C=O) groups excluding carboxylic acids is 8. The molecule has 0 aromatic carbocycles. The molecule has 0 aromatic heterocycles. The first-order valence-electron chi connectivity index (χ1n) is 24.6.